The molecule has 0 amide bonds. The van der Waals surface area contributed by atoms with Crippen LogP contribution in [0.1, 0.15) is 26.2 Å². The van der Waals surface area contributed by atoms with Gasteiger partial charge in [-0.25, -0.2) is 4.98 Å². The maximum atomic E-state index is 11.7. The number of rotatable bonds is 5. The maximum absolute atomic E-state index is 11.7. The summed E-state index contributed by atoms with van der Waals surface area (Å²) >= 11 is 0. The van der Waals surface area contributed by atoms with Gasteiger partial charge in [-0.1, -0.05) is 0 Å². The number of anilines is 1. The minimum absolute atomic E-state index is 0.0575. The molecule has 3 rings (SSSR count). The van der Waals surface area contributed by atoms with Gasteiger partial charge in [0.2, 0.25) is 5.82 Å². The molecule has 1 fully saturated rings. The fraction of sp³-hybridized carbons (Fsp3) is 0.412. The summed E-state index contributed by atoms with van der Waals surface area (Å²) in [5, 5.41) is 11.7. The van der Waals surface area contributed by atoms with Crippen LogP contribution >= 0.6 is 0 Å². The van der Waals surface area contributed by atoms with E-state index in [0.717, 1.165) is 25.8 Å². The predicted octanol–water partition coefficient (Wildman–Crippen LogP) is 3.56. The molecule has 8 nitrogen and oxygen atoms in total. The van der Waals surface area contributed by atoms with E-state index >= 15 is 0 Å². The fourth-order valence-electron chi connectivity index (χ4n) is 2.97. The molecule has 1 aliphatic heterocycles. The maximum Gasteiger partial charge on any atom is 0.373 e. The van der Waals surface area contributed by atoms with Gasteiger partial charge in [-0.3, -0.25) is 10.1 Å². The zero-order valence-electron chi connectivity index (χ0n) is 14.2. The lowest BCUT2D eigenvalue weighted by Crippen LogP contribution is -2.38. The van der Waals surface area contributed by atoms with Gasteiger partial charge in [0.1, 0.15) is 17.8 Å². The number of benzene rings is 1. The Morgan fingerprint density at radius 3 is 2.56 bits per heavy atom. The molecule has 25 heavy (non-hydrogen) atoms. The van der Waals surface area contributed by atoms with E-state index in [1.54, 1.807) is 31.4 Å². The number of ether oxygens (including phenoxy) is 2. The van der Waals surface area contributed by atoms with Crippen molar-refractivity contribution in [2.24, 2.45) is 0 Å². The molecule has 1 aromatic carbocycles. The van der Waals surface area contributed by atoms with Gasteiger partial charge in [-0.15, -0.1) is 0 Å². The van der Waals surface area contributed by atoms with Crippen molar-refractivity contribution in [3.63, 3.8) is 0 Å². The summed E-state index contributed by atoms with van der Waals surface area (Å²) < 4.78 is 10.8. The molecule has 2 aromatic rings. The zero-order chi connectivity index (χ0) is 17.8. The van der Waals surface area contributed by atoms with Crippen LogP contribution in [-0.4, -0.2) is 34.6 Å². The number of hydrogen-bond donors (Lipinski definition) is 0. The minimum atomic E-state index is -0.477. The first-order valence-electron chi connectivity index (χ1n) is 8.18. The van der Waals surface area contributed by atoms with E-state index in [0.29, 0.717) is 17.3 Å². The van der Waals surface area contributed by atoms with Gasteiger partial charge in [-0.2, -0.15) is 4.98 Å². The largest absolute Gasteiger partial charge is 0.497 e. The van der Waals surface area contributed by atoms with Gasteiger partial charge >= 0.3 is 11.6 Å². The highest BCUT2D eigenvalue weighted by Crippen LogP contribution is 2.38. The molecule has 0 bridgehead atoms. The molecular formula is C17H20N4O4. The van der Waals surface area contributed by atoms with Crippen molar-refractivity contribution < 1.29 is 14.4 Å². The van der Waals surface area contributed by atoms with Crippen molar-refractivity contribution in [1.82, 2.24) is 9.97 Å². The zero-order valence-corrected chi connectivity index (χ0v) is 14.2. The van der Waals surface area contributed by atoms with Crippen molar-refractivity contribution in [3.8, 4) is 17.4 Å². The van der Waals surface area contributed by atoms with E-state index in [1.807, 2.05) is 4.90 Å². The summed E-state index contributed by atoms with van der Waals surface area (Å²) in [6.45, 7) is 2.79. The van der Waals surface area contributed by atoms with Crippen molar-refractivity contribution in [1.29, 1.82) is 0 Å². The molecule has 2 heterocycles. The van der Waals surface area contributed by atoms with Gasteiger partial charge in [0.05, 0.1) is 12.0 Å². The van der Waals surface area contributed by atoms with Crippen LogP contribution in [-0.2, 0) is 0 Å². The quantitative estimate of drug-likeness (QED) is 0.605. The summed E-state index contributed by atoms with van der Waals surface area (Å²) in [5.41, 5.74) is -0.202. The second-order valence-corrected chi connectivity index (χ2v) is 5.92. The fourth-order valence-corrected chi connectivity index (χ4v) is 2.97. The average molecular weight is 344 g/mol. The smallest absolute Gasteiger partial charge is 0.373 e. The minimum Gasteiger partial charge on any atom is -0.497 e. The second kappa shape index (κ2) is 7.33. The third-order valence-electron chi connectivity index (χ3n) is 4.30. The summed E-state index contributed by atoms with van der Waals surface area (Å²) in [6, 6.07) is 6.98. The molecule has 1 atom stereocenters. The normalized spacial score (nSPS) is 17.2. The van der Waals surface area contributed by atoms with Gasteiger partial charge in [0.25, 0.3) is 0 Å². The standard InChI is InChI=1S/C17H20N4O4/c1-12-5-3-4-10-20(12)16-15(21(22)23)17(19-11-18-16)25-14-8-6-13(24-2)7-9-14/h6-9,11-12H,3-5,10H2,1-2H3. The molecule has 0 saturated carbocycles. The summed E-state index contributed by atoms with van der Waals surface area (Å²) in [7, 11) is 1.57. The van der Waals surface area contributed by atoms with Crippen LogP contribution in [0.4, 0.5) is 11.5 Å². The second-order valence-electron chi connectivity index (χ2n) is 5.92. The summed E-state index contributed by atoms with van der Waals surface area (Å²) in [4.78, 5) is 21.3. The highest BCUT2D eigenvalue weighted by Gasteiger charge is 2.31. The Bertz CT molecular complexity index is 751. The van der Waals surface area contributed by atoms with Crippen LogP contribution in [0.5, 0.6) is 17.4 Å². The SMILES string of the molecule is COc1ccc(Oc2ncnc(N3CCCCC3C)c2[N+](=O)[O-])cc1. The number of hydrogen-bond acceptors (Lipinski definition) is 7. The summed E-state index contributed by atoms with van der Waals surface area (Å²) in [5.74, 6) is 1.38. The van der Waals surface area contributed by atoms with E-state index in [4.69, 9.17) is 9.47 Å². The summed E-state index contributed by atoms with van der Waals surface area (Å²) in [6.07, 6.45) is 4.39. The lowest BCUT2D eigenvalue weighted by molar-refractivity contribution is -0.385. The molecule has 132 valence electrons. The van der Waals surface area contributed by atoms with Crippen LogP contribution < -0.4 is 14.4 Å². The van der Waals surface area contributed by atoms with Gasteiger partial charge in [0, 0.05) is 12.6 Å². The van der Waals surface area contributed by atoms with Crippen LogP contribution in [0.25, 0.3) is 0 Å². The highest BCUT2D eigenvalue weighted by molar-refractivity contribution is 5.64. The van der Waals surface area contributed by atoms with E-state index < -0.39 is 4.92 Å². The van der Waals surface area contributed by atoms with Gasteiger partial charge in [0.15, 0.2) is 0 Å². The number of nitrogens with zero attached hydrogens (tertiary/aromatic N) is 4. The van der Waals surface area contributed by atoms with E-state index in [-0.39, 0.29) is 17.6 Å². The lowest BCUT2D eigenvalue weighted by atomic mass is 10.0. The number of methoxy groups -OCH3 is 1. The Labute approximate surface area is 145 Å². The van der Waals surface area contributed by atoms with Crippen molar-refractivity contribution in [2.75, 3.05) is 18.6 Å². The molecule has 1 aromatic heterocycles. The van der Waals surface area contributed by atoms with Crippen LogP contribution in [0.3, 0.4) is 0 Å². The third kappa shape index (κ3) is 3.62. The number of nitro groups is 1. The van der Waals surface area contributed by atoms with Crippen molar-refractivity contribution in [3.05, 3.63) is 40.7 Å². The first-order chi connectivity index (χ1) is 12.1. The van der Waals surface area contributed by atoms with Gasteiger partial charge < -0.3 is 14.4 Å². The van der Waals surface area contributed by atoms with E-state index in [9.17, 15) is 10.1 Å². The van der Waals surface area contributed by atoms with Crippen molar-refractivity contribution in [2.45, 2.75) is 32.2 Å². The molecular weight excluding hydrogens is 324 g/mol. The number of piperidine rings is 1. The lowest BCUT2D eigenvalue weighted by Gasteiger charge is -2.33. The van der Waals surface area contributed by atoms with E-state index in [2.05, 4.69) is 16.9 Å². The van der Waals surface area contributed by atoms with Gasteiger partial charge in [-0.05, 0) is 50.5 Å². The van der Waals surface area contributed by atoms with E-state index in [1.165, 1.54) is 6.33 Å². The van der Waals surface area contributed by atoms with Crippen molar-refractivity contribution >= 4 is 11.5 Å². The molecule has 1 unspecified atom stereocenters. The van der Waals surface area contributed by atoms with Crippen LogP contribution in [0.15, 0.2) is 30.6 Å². The van der Waals surface area contributed by atoms with Crippen LogP contribution in [0.2, 0.25) is 0 Å². The molecule has 1 saturated heterocycles. The highest BCUT2D eigenvalue weighted by atomic mass is 16.6. The Hall–Kier alpha value is -2.90. The Morgan fingerprint density at radius 1 is 1.20 bits per heavy atom. The molecule has 8 heteroatoms. The van der Waals surface area contributed by atoms with Crippen LogP contribution in [0, 0.1) is 10.1 Å². The topological polar surface area (TPSA) is 90.6 Å². The Balaban J connectivity index is 1.95. The Kier molecular flexibility index (Phi) is 4.97. The molecule has 0 N–H and O–H groups in total. The first kappa shape index (κ1) is 16.9. The Morgan fingerprint density at radius 2 is 1.92 bits per heavy atom. The molecule has 1 aliphatic rings. The molecule has 0 spiro atoms. The third-order valence-corrected chi connectivity index (χ3v) is 4.30. The monoisotopic (exact) mass is 344 g/mol. The molecule has 0 radical (unpaired) electrons. The predicted molar refractivity (Wildman–Crippen MR) is 92.4 cm³/mol. The number of aromatic nitrogens is 2. The molecule has 0 aliphatic carbocycles. The average Bonchev–Trinajstić information content (AvgIpc) is 2.62. The first-order valence-corrected chi connectivity index (χ1v) is 8.18.